The molecule has 2 unspecified atom stereocenters. The molecule has 8 nitrogen and oxygen atoms in total. The van der Waals surface area contributed by atoms with E-state index in [0.29, 0.717) is 0 Å². The molecule has 2 atom stereocenters. The van der Waals surface area contributed by atoms with E-state index in [4.69, 9.17) is 20.4 Å². The van der Waals surface area contributed by atoms with Crippen LogP contribution in [0.4, 0.5) is 0 Å². The van der Waals surface area contributed by atoms with Crippen molar-refractivity contribution < 1.29 is 34.8 Å². The van der Waals surface area contributed by atoms with Gasteiger partial charge in [0.25, 0.3) is 0 Å². The molecule has 0 rings (SSSR count). The fourth-order valence-electron chi connectivity index (χ4n) is 1.72. The normalized spacial score (nSPS) is 14.2. The van der Waals surface area contributed by atoms with Gasteiger partial charge in [-0.2, -0.15) is 0 Å². The molecule has 0 fully saturated rings. The van der Waals surface area contributed by atoms with Crippen molar-refractivity contribution in [3.8, 4) is 0 Å². The Hall–Kier alpha value is -1.67. The number of hydrogen-bond acceptors (Lipinski definition) is 5. The summed E-state index contributed by atoms with van der Waals surface area (Å²) in [6.07, 6.45) is 0.146. The summed E-state index contributed by atoms with van der Waals surface area (Å²) in [5.74, 6) is -4.48. The molecule has 0 aromatic rings. The van der Waals surface area contributed by atoms with E-state index in [0.717, 1.165) is 4.90 Å². The molecule has 0 amide bonds. The molecule has 104 valence electrons. The Kier molecular flexibility index (Phi) is 6.91. The van der Waals surface area contributed by atoms with Crippen LogP contribution < -0.4 is 0 Å². The van der Waals surface area contributed by atoms with Gasteiger partial charge in [-0.25, -0.2) is 0 Å². The van der Waals surface area contributed by atoms with Gasteiger partial charge in [0, 0.05) is 6.61 Å². The summed E-state index contributed by atoms with van der Waals surface area (Å²) < 4.78 is 0. The van der Waals surface area contributed by atoms with Crippen LogP contribution in [-0.4, -0.2) is 69.0 Å². The van der Waals surface area contributed by atoms with Crippen molar-refractivity contribution in [1.29, 1.82) is 0 Å². The molecule has 0 heterocycles. The fraction of sp³-hybridized carbons (Fsp3) is 0.700. The maximum atomic E-state index is 11.1. The van der Waals surface area contributed by atoms with Crippen molar-refractivity contribution in [3.63, 3.8) is 0 Å². The maximum Gasteiger partial charge on any atom is 0.321 e. The second-order valence-corrected chi connectivity index (χ2v) is 3.97. The van der Waals surface area contributed by atoms with E-state index < -0.39 is 43.0 Å². The van der Waals surface area contributed by atoms with Gasteiger partial charge in [-0.05, 0) is 12.3 Å². The highest BCUT2D eigenvalue weighted by Crippen LogP contribution is 2.15. The number of rotatable bonds is 9. The van der Waals surface area contributed by atoms with Gasteiger partial charge in [-0.1, -0.05) is 6.92 Å². The SMILES string of the molecule is CC(CCO)C(C(=O)O)N(CC(=O)O)CC(=O)O. The van der Waals surface area contributed by atoms with Crippen molar-refractivity contribution in [2.45, 2.75) is 19.4 Å². The summed E-state index contributed by atoms with van der Waals surface area (Å²) in [5, 5.41) is 35.2. The quantitative estimate of drug-likeness (QED) is 0.413. The molecule has 0 aromatic carbocycles. The van der Waals surface area contributed by atoms with Crippen LogP contribution in [0.2, 0.25) is 0 Å². The molecule has 0 spiro atoms. The standard InChI is InChI=1S/C10H17NO7/c1-6(2-3-12)9(10(17)18)11(4-7(13)14)5-8(15)16/h6,9,12H,2-5H2,1H3,(H,13,14)(H,15,16)(H,17,18). The zero-order valence-corrected chi connectivity index (χ0v) is 9.94. The molecule has 0 aromatic heterocycles. The first kappa shape index (κ1) is 16.3. The fourth-order valence-corrected chi connectivity index (χ4v) is 1.72. The number of aliphatic hydroxyl groups is 1. The highest BCUT2D eigenvalue weighted by Gasteiger charge is 2.33. The third kappa shape index (κ3) is 5.60. The van der Waals surface area contributed by atoms with Gasteiger partial charge in [0.05, 0.1) is 13.1 Å². The third-order valence-corrected chi connectivity index (χ3v) is 2.45. The van der Waals surface area contributed by atoms with Crippen LogP contribution in [0.5, 0.6) is 0 Å². The first-order valence-corrected chi connectivity index (χ1v) is 5.30. The summed E-state index contributed by atoms with van der Waals surface area (Å²) in [7, 11) is 0. The second-order valence-electron chi connectivity index (χ2n) is 3.97. The number of nitrogens with zero attached hydrogens (tertiary/aromatic N) is 1. The number of aliphatic hydroxyl groups excluding tert-OH is 1. The maximum absolute atomic E-state index is 11.1. The van der Waals surface area contributed by atoms with E-state index >= 15 is 0 Å². The molecule has 0 saturated carbocycles. The molecule has 8 heteroatoms. The highest BCUT2D eigenvalue weighted by atomic mass is 16.4. The molecule has 0 aliphatic rings. The van der Waals surface area contributed by atoms with E-state index in [1.807, 2.05) is 0 Å². The smallest absolute Gasteiger partial charge is 0.321 e. The summed E-state index contributed by atoms with van der Waals surface area (Å²) in [4.78, 5) is 33.2. The Morgan fingerprint density at radius 2 is 1.50 bits per heavy atom. The van der Waals surface area contributed by atoms with Crippen LogP contribution in [0.3, 0.4) is 0 Å². The van der Waals surface area contributed by atoms with Crippen LogP contribution in [0.1, 0.15) is 13.3 Å². The number of carbonyl (C=O) groups is 3. The lowest BCUT2D eigenvalue weighted by atomic mass is 9.97. The third-order valence-electron chi connectivity index (χ3n) is 2.45. The zero-order chi connectivity index (χ0) is 14.3. The van der Waals surface area contributed by atoms with E-state index in [-0.39, 0.29) is 13.0 Å². The monoisotopic (exact) mass is 263 g/mol. The number of hydrogen-bond donors (Lipinski definition) is 4. The highest BCUT2D eigenvalue weighted by molar-refractivity contribution is 5.78. The Labute approximate surface area is 103 Å². The van der Waals surface area contributed by atoms with Crippen LogP contribution in [0, 0.1) is 5.92 Å². The van der Waals surface area contributed by atoms with E-state index in [9.17, 15) is 14.4 Å². The molecule has 0 bridgehead atoms. The van der Waals surface area contributed by atoms with Gasteiger partial charge < -0.3 is 20.4 Å². The largest absolute Gasteiger partial charge is 0.480 e. The molecule has 4 N–H and O–H groups in total. The van der Waals surface area contributed by atoms with Gasteiger partial charge in [0.15, 0.2) is 0 Å². The average molecular weight is 263 g/mol. The lowest BCUT2D eigenvalue weighted by Gasteiger charge is -2.29. The van der Waals surface area contributed by atoms with Gasteiger partial charge in [-0.15, -0.1) is 0 Å². The molecule has 18 heavy (non-hydrogen) atoms. The average Bonchev–Trinajstić information content (AvgIpc) is 2.14. The minimum absolute atomic E-state index is 0.146. The summed E-state index contributed by atoms with van der Waals surface area (Å²) >= 11 is 0. The Morgan fingerprint density at radius 3 is 1.78 bits per heavy atom. The van der Waals surface area contributed by atoms with Crippen molar-refractivity contribution in [1.82, 2.24) is 4.90 Å². The Balaban J connectivity index is 5.00. The lowest BCUT2D eigenvalue weighted by Crippen LogP contribution is -2.49. The van der Waals surface area contributed by atoms with E-state index in [1.165, 1.54) is 6.92 Å². The predicted octanol–water partition coefficient (Wildman–Crippen LogP) is -1.07. The minimum atomic E-state index is -1.31. The lowest BCUT2D eigenvalue weighted by molar-refractivity contribution is -0.151. The molecular formula is C10H17NO7. The van der Waals surface area contributed by atoms with Crippen molar-refractivity contribution >= 4 is 17.9 Å². The van der Waals surface area contributed by atoms with Gasteiger partial charge >= 0.3 is 17.9 Å². The van der Waals surface area contributed by atoms with Crippen molar-refractivity contribution in [2.24, 2.45) is 5.92 Å². The van der Waals surface area contributed by atoms with Gasteiger partial charge in [0.2, 0.25) is 0 Å². The summed E-state index contributed by atoms with van der Waals surface area (Å²) in [5.41, 5.74) is 0. The summed E-state index contributed by atoms with van der Waals surface area (Å²) in [6.45, 7) is -0.0945. The van der Waals surface area contributed by atoms with Gasteiger partial charge in [0.1, 0.15) is 6.04 Å². The molecule has 0 aliphatic heterocycles. The molecule has 0 radical (unpaired) electrons. The van der Waals surface area contributed by atoms with E-state index in [2.05, 4.69) is 0 Å². The number of carboxylic acid groups (broad SMARTS) is 3. The number of aliphatic carboxylic acids is 3. The minimum Gasteiger partial charge on any atom is -0.480 e. The molecular weight excluding hydrogens is 246 g/mol. The van der Waals surface area contributed by atoms with Crippen molar-refractivity contribution in [2.75, 3.05) is 19.7 Å². The molecule has 0 aliphatic carbocycles. The van der Waals surface area contributed by atoms with Crippen molar-refractivity contribution in [3.05, 3.63) is 0 Å². The van der Waals surface area contributed by atoms with Crippen LogP contribution in [0.15, 0.2) is 0 Å². The second kappa shape index (κ2) is 7.62. The van der Waals surface area contributed by atoms with Crippen LogP contribution >= 0.6 is 0 Å². The van der Waals surface area contributed by atoms with Gasteiger partial charge in [-0.3, -0.25) is 19.3 Å². The number of carboxylic acids is 3. The topological polar surface area (TPSA) is 135 Å². The van der Waals surface area contributed by atoms with E-state index in [1.54, 1.807) is 0 Å². The van der Waals surface area contributed by atoms with Crippen LogP contribution in [0.25, 0.3) is 0 Å². The Bertz CT molecular complexity index is 301. The zero-order valence-electron chi connectivity index (χ0n) is 9.94. The predicted molar refractivity (Wildman–Crippen MR) is 59.1 cm³/mol. The molecule has 0 saturated heterocycles. The summed E-state index contributed by atoms with van der Waals surface area (Å²) in [6, 6.07) is -1.26. The van der Waals surface area contributed by atoms with Crippen LogP contribution in [-0.2, 0) is 14.4 Å². The Morgan fingerprint density at radius 1 is 1.06 bits per heavy atom. The first-order valence-electron chi connectivity index (χ1n) is 5.30. The first-order chi connectivity index (χ1) is 8.29.